The molecule has 0 heterocycles. The zero-order valence-electron chi connectivity index (χ0n) is 2.86. The van der Waals surface area contributed by atoms with Crippen molar-refractivity contribution >= 4 is 20.2 Å². The molecule has 0 saturated heterocycles. The molecule has 0 aromatic heterocycles. The van der Waals surface area contributed by atoms with Crippen LogP contribution in [-0.4, -0.2) is 20.2 Å². The molecule has 0 atom stereocenters. The fourth-order valence-electron chi connectivity index (χ4n) is 0. The van der Waals surface area contributed by atoms with Gasteiger partial charge in [-0.3, -0.25) is 0 Å². The summed E-state index contributed by atoms with van der Waals surface area (Å²) in [6, 6.07) is 0. The number of hydrogen-bond acceptors (Lipinski definition) is 1. The van der Waals surface area contributed by atoms with Gasteiger partial charge < -0.3 is 0 Å². The summed E-state index contributed by atoms with van der Waals surface area (Å²) in [5.74, 6) is 0. The van der Waals surface area contributed by atoms with Crippen molar-refractivity contribution in [2.45, 2.75) is 9.74 Å². The summed E-state index contributed by atoms with van der Waals surface area (Å²) in [5, 5.41) is 0. The maximum absolute atomic E-state index is 9.71. The van der Waals surface area contributed by atoms with E-state index in [1.165, 1.54) is 0 Å². The van der Waals surface area contributed by atoms with Gasteiger partial charge in [0.2, 0.25) is 0 Å². The van der Waals surface area contributed by atoms with Gasteiger partial charge in [0.05, 0.1) is 0 Å². The first-order chi connectivity index (χ1) is 1.73. The third-order valence-corrected chi connectivity index (χ3v) is 0. The van der Waals surface area contributed by atoms with Crippen molar-refractivity contribution in [2.24, 2.45) is 0 Å². The van der Waals surface area contributed by atoms with Crippen molar-refractivity contribution in [3.8, 4) is 0 Å². The monoisotopic (exact) mass is 167 g/mol. The quantitative estimate of drug-likeness (QED) is 0.485. The van der Waals surface area contributed by atoms with E-state index < -0.39 is 20.2 Å². The van der Waals surface area contributed by atoms with Gasteiger partial charge >= 0.3 is 33.0 Å². The Hall–Kier alpha value is 0.618. The molecule has 2 heteroatoms. The van der Waals surface area contributed by atoms with E-state index in [9.17, 15) is 3.02 Å². The average Bonchev–Trinajstić information content (AvgIpc) is 0.811. The molecule has 0 rings (SSSR count). The zero-order chi connectivity index (χ0) is 3.58. The van der Waals surface area contributed by atoms with Crippen molar-refractivity contribution in [1.82, 2.24) is 0 Å². The predicted molar refractivity (Wildman–Crippen MR) is 18.2 cm³/mol. The molecule has 0 aromatic carbocycles. The fourth-order valence-corrected chi connectivity index (χ4v) is 0. The van der Waals surface area contributed by atoms with Gasteiger partial charge in [0.25, 0.3) is 0 Å². The second-order valence-corrected chi connectivity index (χ2v) is 5.45. The Morgan fingerprint density at radius 2 is 1.50 bits per heavy atom. The summed E-state index contributed by atoms with van der Waals surface area (Å²) in [6.45, 7) is 0. The van der Waals surface area contributed by atoms with Crippen molar-refractivity contribution in [1.29, 1.82) is 0 Å². The van der Waals surface area contributed by atoms with Crippen molar-refractivity contribution in [3.63, 3.8) is 0 Å². The summed E-state index contributed by atoms with van der Waals surface area (Å²) in [6.07, 6.45) is 0. The molecular weight excluding hydrogens is 162 g/mol. The van der Waals surface area contributed by atoms with Gasteiger partial charge in [-0.2, -0.15) is 0 Å². The van der Waals surface area contributed by atoms with Gasteiger partial charge in [-0.15, -0.1) is 0 Å². The summed E-state index contributed by atoms with van der Waals surface area (Å²) >= 11 is -1.70. The van der Waals surface area contributed by atoms with Crippen LogP contribution in [0, 0.1) is 0 Å². The molecule has 0 unspecified atom stereocenters. The third-order valence-electron chi connectivity index (χ3n) is 0. The number of hydrogen-bond donors (Lipinski definition) is 0. The van der Waals surface area contributed by atoms with Crippen LogP contribution in [0.2, 0.25) is 9.74 Å². The summed E-state index contributed by atoms with van der Waals surface area (Å²) in [7, 11) is 0. The van der Waals surface area contributed by atoms with Crippen LogP contribution in [0.3, 0.4) is 0 Å². The first-order valence-electron chi connectivity index (χ1n) is 1.08. The molecule has 0 spiro atoms. The standard InChI is InChI=1S/2CH3.O.Sb/h2*1H3;;. The van der Waals surface area contributed by atoms with E-state index in [0.29, 0.717) is 0 Å². The molecular formula is C2H6OSb. The molecule has 25 valence electrons. The van der Waals surface area contributed by atoms with E-state index in [2.05, 4.69) is 0 Å². The normalized spacial score (nSPS) is 6.50. The maximum atomic E-state index is 9.71. The SMILES string of the molecule is [CH3][Sb]([CH3])=[O]. The molecule has 0 aromatic rings. The Kier molecular flexibility index (Phi) is 2.19. The molecule has 0 fully saturated rings. The van der Waals surface area contributed by atoms with E-state index in [4.69, 9.17) is 0 Å². The molecule has 4 heavy (non-hydrogen) atoms. The van der Waals surface area contributed by atoms with Crippen LogP contribution in [0.4, 0.5) is 0 Å². The molecule has 0 aliphatic rings. The molecule has 0 saturated carbocycles. The summed E-state index contributed by atoms with van der Waals surface area (Å²) in [5.41, 5.74) is 0. The van der Waals surface area contributed by atoms with Crippen LogP contribution < -0.4 is 0 Å². The first-order valence-corrected chi connectivity index (χ1v) is 7.22. The van der Waals surface area contributed by atoms with Gasteiger partial charge in [-0.25, -0.2) is 0 Å². The van der Waals surface area contributed by atoms with E-state index in [1.807, 2.05) is 0 Å². The summed E-state index contributed by atoms with van der Waals surface area (Å²) in [4.78, 5) is 3.59. The first kappa shape index (κ1) is 4.62. The van der Waals surface area contributed by atoms with Crippen molar-refractivity contribution in [3.05, 3.63) is 0 Å². The van der Waals surface area contributed by atoms with Crippen LogP contribution >= 0.6 is 0 Å². The Labute approximate surface area is 33.4 Å². The second kappa shape index (κ2) is 1.89. The number of rotatable bonds is 0. The Morgan fingerprint density at radius 3 is 1.50 bits per heavy atom. The molecule has 0 bridgehead atoms. The Bertz CT molecular complexity index is 29.0. The summed E-state index contributed by atoms with van der Waals surface area (Å²) < 4.78 is 9.71. The molecule has 0 amide bonds. The van der Waals surface area contributed by atoms with Gasteiger partial charge in [-0.1, -0.05) is 0 Å². The molecule has 0 N–H and O–H groups in total. The van der Waals surface area contributed by atoms with Crippen LogP contribution in [0.15, 0.2) is 0 Å². The van der Waals surface area contributed by atoms with Crippen LogP contribution in [0.25, 0.3) is 0 Å². The molecule has 0 aliphatic heterocycles. The Balaban J connectivity index is 2.80. The topological polar surface area (TPSA) is 17.1 Å². The fraction of sp³-hybridized carbons (Fsp3) is 1.00. The molecule has 1 radical (unpaired) electrons. The van der Waals surface area contributed by atoms with Gasteiger partial charge in [-0.05, 0) is 0 Å². The third kappa shape index (κ3) is 17.9. The van der Waals surface area contributed by atoms with Crippen LogP contribution in [-0.2, 0) is 3.02 Å². The zero-order valence-corrected chi connectivity index (χ0v) is 5.41. The minimum atomic E-state index is -1.70. The molecule has 0 aliphatic carbocycles. The van der Waals surface area contributed by atoms with Crippen molar-refractivity contribution < 1.29 is 3.02 Å². The van der Waals surface area contributed by atoms with E-state index in [0.717, 1.165) is 0 Å². The van der Waals surface area contributed by atoms with Gasteiger partial charge in [0.15, 0.2) is 0 Å². The van der Waals surface area contributed by atoms with E-state index in [1.54, 1.807) is 9.74 Å². The van der Waals surface area contributed by atoms with E-state index in [-0.39, 0.29) is 0 Å². The van der Waals surface area contributed by atoms with Crippen LogP contribution in [0.1, 0.15) is 0 Å². The van der Waals surface area contributed by atoms with Crippen LogP contribution in [0.5, 0.6) is 0 Å². The second-order valence-electron chi connectivity index (χ2n) is 0.812. The van der Waals surface area contributed by atoms with Gasteiger partial charge in [0, 0.05) is 0 Å². The van der Waals surface area contributed by atoms with Crippen molar-refractivity contribution in [2.75, 3.05) is 0 Å². The predicted octanol–water partition coefficient (Wildman–Crippen LogP) is 0.668. The molecule has 1 nitrogen and oxygen atoms in total. The minimum absolute atomic E-state index is 1.70. The van der Waals surface area contributed by atoms with E-state index >= 15 is 0 Å². The van der Waals surface area contributed by atoms with Gasteiger partial charge in [0.1, 0.15) is 0 Å². The average molecular weight is 168 g/mol. The Morgan fingerprint density at radius 1 is 1.50 bits per heavy atom.